The molecule has 0 saturated heterocycles. The molecule has 2 unspecified atom stereocenters. The van der Waals surface area contributed by atoms with Crippen LogP contribution in [0, 0.1) is 0 Å². The topological polar surface area (TPSA) is 34.0 Å². The minimum absolute atomic E-state index is 0.535. The van der Waals surface area contributed by atoms with Crippen molar-refractivity contribution in [2.75, 3.05) is 4.90 Å². The van der Waals surface area contributed by atoms with Gasteiger partial charge in [-0.25, -0.2) is 9.97 Å². The van der Waals surface area contributed by atoms with Gasteiger partial charge in [0.05, 0.1) is 22.4 Å². The normalized spacial score (nSPS) is 16.1. The Kier molecular flexibility index (Phi) is 7.48. The number of hydrogen-bond acceptors (Lipinski definition) is 3. The molecule has 9 aromatic rings. The molecule has 0 bridgehead atoms. The summed E-state index contributed by atoms with van der Waals surface area (Å²) in [6.07, 6.45) is 3.77. The van der Waals surface area contributed by atoms with E-state index in [-0.39, 0.29) is 0 Å². The molecule has 1 fully saturated rings. The molecule has 7 aromatic carbocycles. The maximum Gasteiger partial charge on any atom is 0.160 e. The third-order valence-electron chi connectivity index (χ3n) is 11.8. The number of aromatic nitrogens is 3. The minimum Gasteiger partial charge on any atom is -0.338 e. The van der Waals surface area contributed by atoms with Gasteiger partial charge in [0.1, 0.15) is 0 Å². The third-order valence-corrected chi connectivity index (χ3v) is 11.8. The molecule has 2 atom stereocenters. The van der Waals surface area contributed by atoms with Gasteiger partial charge >= 0.3 is 0 Å². The Morgan fingerprint density at radius 1 is 0.436 bits per heavy atom. The van der Waals surface area contributed by atoms with E-state index in [1.165, 1.54) is 69.1 Å². The predicted molar refractivity (Wildman–Crippen MR) is 227 cm³/mol. The highest BCUT2D eigenvalue weighted by atomic mass is 15.2. The largest absolute Gasteiger partial charge is 0.338 e. The smallest absolute Gasteiger partial charge is 0.160 e. The zero-order valence-electron chi connectivity index (χ0n) is 30.4. The molecule has 1 saturated carbocycles. The Morgan fingerprint density at radius 3 is 1.89 bits per heavy atom. The van der Waals surface area contributed by atoms with Crippen LogP contribution in [0.3, 0.4) is 0 Å². The molecule has 0 spiro atoms. The number of fused-ring (bicyclic) bond motifs is 6. The van der Waals surface area contributed by atoms with E-state index in [9.17, 15) is 0 Å². The van der Waals surface area contributed by atoms with E-state index in [2.05, 4.69) is 167 Å². The molecule has 55 heavy (non-hydrogen) atoms. The first-order valence-electron chi connectivity index (χ1n) is 19.4. The quantitative estimate of drug-likeness (QED) is 0.173. The van der Waals surface area contributed by atoms with Gasteiger partial charge in [0.2, 0.25) is 0 Å². The lowest BCUT2D eigenvalue weighted by Crippen LogP contribution is -2.26. The average Bonchev–Trinajstić information content (AvgIpc) is 3.96. The van der Waals surface area contributed by atoms with Crippen LogP contribution in [0.15, 0.2) is 182 Å². The maximum atomic E-state index is 5.15. The number of para-hydroxylation sites is 2. The highest BCUT2D eigenvalue weighted by molar-refractivity contribution is 6.10. The lowest BCUT2D eigenvalue weighted by Gasteiger charge is -2.27. The molecule has 3 heterocycles. The zero-order chi connectivity index (χ0) is 36.3. The summed E-state index contributed by atoms with van der Waals surface area (Å²) in [5, 5.41) is 2.49. The third kappa shape index (κ3) is 5.36. The van der Waals surface area contributed by atoms with Crippen molar-refractivity contribution in [3.05, 3.63) is 188 Å². The highest BCUT2D eigenvalue weighted by Crippen LogP contribution is 2.53. The van der Waals surface area contributed by atoms with Gasteiger partial charge in [0.25, 0.3) is 0 Å². The van der Waals surface area contributed by atoms with Gasteiger partial charge < -0.3 is 9.47 Å². The highest BCUT2D eigenvalue weighted by Gasteiger charge is 2.42. The number of rotatable bonds is 6. The number of hydrogen-bond donors (Lipinski definition) is 0. The summed E-state index contributed by atoms with van der Waals surface area (Å²) in [4.78, 5) is 12.8. The van der Waals surface area contributed by atoms with Crippen molar-refractivity contribution in [3.8, 4) is 50.7 Å². The first-order valence-corrected chi connectivity index (χ1v) is 19.4. The predicted octanol–water partition coefficient (Wildman–Crippen LogP) is 13.0. The molecular formula is C51H38N4. The summed E-state index contributed by atoms with van der Waals surface area (Å²) in [5.74, 6) is 1.29. The first kappa shape index (κ1) is 31.7. The number of benzene rings is 7. The lowest BCUT2D eigenvalue weighted by atomic mass is 9.93. The van der Waals surface area contributed by atoms with Gasteiger partial charge in [0, 0.05) is 56.5 Å². The van der Waals surface area contributed by atoms with Crippen LogP contribution in [0.4, 0.5) is 11.4 Å². The molecular weight excluding hydrogens is 669 g/mol. The minimum atomic E-state index is 0.535. The van der Waals surface area contributed by atoms with Gasteiger partial charge in [-0.3, -0.25) is 0 Å². The molecule has 4 heteroatoms. The Balaban J connectivity index is 1.04. The second-order valence-electron chi connectivity index (χ2n) is 14.9. The molecule has 2 aromatic heterocycles. The van der Waals surface area contributed by atoms with Crippen molar-refractivity contribution >= 4 is 33.2 Å². The van der Waals surface area contributed by atoms with E-state index in [1.54, 1.807) is 0 Å². The molecule has 2 aliphatic rings. The SMILES string of the molecule is c1ccc(-c2cc(-c3cccc(-n4c5ccccc5c5ccc(-c6ccc7c(c6)C6CCCC6N7c6ccccc6)cc54)c3)nc(-c3ccccc3)n2)cc1. The van der Waals surface area contributed by atoms with E-state index in [1.807, 2.05) is 24.3 Å². The van der Waals surface area contributed by atoms with Crippen LogP contribution in [0.25, 0.3) is 72.5 Å². The molecule has 262 valence electrons. The van der Waals surface area contributed by atoms with Crippen molar-refractivity contribution < 1.29 is 0 Å². The first-order chi connectivity index (χ1) is 27.3. The molecule has 1 aliphatic carbocycles. The second-order valence-corrected chi connectivity index (χ2v) is 14.9. The lowest BCUT2D eigenvalue weighted by molar-refractivity contribution is 0.642. The monoisotopic (exact) mass is 706 g/mol. The van der Waals surface area contributed by atoms with E-state index >= 15 is 0 Å². The van der Waals surface area contributed by atoms with Gasteiger partial charge in [-0.1, -0.05) is 134 Å². The van der Waals surface area contributed by atoms with E-state index in [4.69, 9.17) is 9.97 Å². The Bertz CT molecular complexity index is 2800. The summed E-state index contributed by atoms with van der Waals surface area (Å²) >= 11 is 0. The van der Waals surface area contributed by atoms with Crippen LogP contribution in [-0.2, 0) is 0 Å². The Hall–Kier alpha value is -6.78. The molecule has 11 rings (SSSR count). The average molecular weight is 707 g/mol. The van der Waals surface area contributed by atoms with E-state index < -0.39 is 0 Å². The van der Waals surface area contributed by atoms with Crippen LogP contribution in [0.2, 0.25) is 0 Å². The molecule has 4 nitrogen and oxygen atoms in total. The van der Waals surface area contributed by atoms with Gasteiger partial charge in [-0.05, 0) is 84.1 Å². The van der Waals surface area contributed by atoms with Crippen molar-refractivity contribution in [1.82, 2.24) is 14.5 Å². The number of nitrogens with zero attached hydrogens (tertiary/aromatic N) is 4. The molecule has 1 aliphatic heterocycles. The fraction of sp³-hybridized carbons (Fsp3) is 0.0980. The standard InChI is InChI=1S/C51H38N4/c1-4-14-34(15-5-1)45-33-46(53-51(52-45)35-16-6-2-7-17-35)38-18-12-21-40(30-38)55-47-24-11-10-22-41(47)43-28-26-37(32-50(43)55)36-27-29-49-44(31-36)42-23-13-25-48(42)54(49)39-19-8-3-9-20-39/h1-12,14-22,24,26-33,42,48H,13,23,25H2. The van der Waals surface area contributed by atoms with Gasteiger partial charge in [-0.15, -0.1) is 0 Å². The zero-order valence-corrected chi connectivity index (χ0v) is 30.4. The summed E-state index contributed by atoms with van der Waals surface area (Å²) in [5.41, 5.74) is 15.1. The summed E-state index contributed by atoms with van der Waals surface area (Å²) in [6.45, 7) is 0. The van der Waals surface area contributed by atoms with E-state index in [0.29, 0.717) is 17.8 Å². The van der Waals surface area contributed by atoms with Crippen LogP contribution in [0.1, 0.15) is 30.7 Å². The summed E-state index contributed by atoms with van der Waals surface area (Å²) in [7, 11) is 0. The van der Waals surface area contributed by atoms with Crippen molar-refractivity contribution in [2.45, 2.75) is 31.2 Å². The van der Waals surface area contributed by atoms with Gasteiger partial charge in [-0.2, -0.15) is 0 Å². The molecule has 0 amide bonds. The summed E-state index contributed by atoms with van der Waals surface area (Å²) in [6, 6.07) is 66.0. The fourth-order valence-corrected chi connectivity index (χ4v) is 9.26. The van der Waals surface area contributed by atoms with Crippen molar-refractivity contribution in [1.29, 1.82) is 0 Å². The van der Waals surface area contributed by atoms with Crippen LogP contribution >= 0.6 is 0 Å². The van der Waals surface area contributed by atoms with Crippen LogP contribution < -0.4 is 4.90 Å². The molecule has 0 N–H and O–H groups in total. The molecule has 0 radical (unpaired) electrons. The van der Waals surface area contributed by atoms with E-state index in [0.717, 1.165) is 33.8 Å². The summed E-state index contributed by atoms with van der Waals surface area (Å²) < 4.78 is 2.42. The van der Waals surface area contributed by atoms with Crippen molar-refractivity contribution in [3.63, 3.8) is 0 Å². The van der Waals surface area contributed by atoms with Crippen LogP contribution in [0.5, 0.6) is 0 Å². The number of anilines is 2. The Morgan fingerprint density at radius 2 is 1.07 bits per heavy atom. The van der Waals surface area contributed by atoms with Crippen molar-refractivity contribution in [2.24, 2.45) is 0 Å². The second kappa shape index (κ2) is 13.0. The maximum absolute atomic E-state index is 5.15. The van der Waals surface area contributed by atoms with Gasteiger partial charge in [0.15, 0.2) is 5.82 Å². The van der Waals surface area contributed by atoms with Crippen LogP contribution in [-0.4, -0.2) is 20.6 Å². The Labute approximate surface area is 321 Å². The fourth-order valence-electron chi connectivity index (χ4n) is 9.26.